The molecule has 0 aliphatic carbocycles. The summed E-state index contributed by atoms with van der Waals surface area (Å²) in [5.41, 5.74) is 1.45. The van der Waals surface area contributed by atoms with Crippen molar-refractivity contribution in [3.05, 3.63) is 35.3 Å². The summed E-state index contributed by atoms with van der Waals surface area (Å²) in [6.45, 7) is 8.05. The van der Waals surface area contributed by atoms with Crippen molar-refractivity contribution in [2.24, 2.45) is 0 Å². The molecule has 0 atom stereocenters. The highest BCUT2D eigenvalue weighted by molar-refractivity contribution is 7.13. The zero-order valence-corrected chi connectivity index (χ0v) is 14.5. The number of thiazole rings is 1. The molecule has 5 heteroatoms. The summed E-state index contributed by atoms with van der Waals surface area (Å²) in [6, 6.07) is 7.94. The van der Waals surface area contributed by atoms with Crippen LogP contribution in [0.5, 0.6) is 5.75 Å². The van der Waals surface area contributed by atoms with Crippen LogP contribution in [0.2, 0.25) is 0 Å². The van der Waals surface area contributed by atoms with Crippen LogP contribution in [0, 0.1) is 0 Å². The van der Waals surface area contributed by atoms with Gasteiger partial charge in [0, 0.05) is 24.0 Å². The van der Waals surface area contributed by atoms with E-state index in [0.717, 1.165) is 35.1 Å². The zero-order chi connectivity index (χ0) is 16.2. The Labute approximate surface area is 136 Å². The van der Waals surface area contributed by atoms with Crippen LogP contribution >= 0.6 is 11.3 Å². The van der Waals surface area contributed by atoms with Gasteiger partial charge in [0.15, 0.2) is 0 Å². The Morgan fingerprint density at radius 1 is 1.27 bits per heavy atom. The minimum atomic E-state index is -0.690. The lowest BCUT2D eigenvalue weighted by molar-refractivity contribution is 0.0350. The first kappa shape index (κ1) is 16.9. The van der Waals surface area contributed by atoms with Gasteiger partial charge in [-0.15, -0.1) is 11.3 Å². The van der Waals surface area contributed by atoms with Crippen molar-refractivity contribution in [1.82, 2.24) is 9.88 Å². The number of likely N-dealkylation sites (N-methyl/N-ethyl adjacent to an activating group) is 1. The maximum absolute atomic E-state index is 9.96. The molecule has 0 saturated carbocycles. The standard InChI is InChI=1S/C17H24N2O2S/c1-5-19(12-17(2,3)20)10-14-11-22-16(18-14)13-6-8-15(21-4)9-7-13/h6-9,11,20H,5,10,12H2,1-4H3. The Hall–Kier alpha value is -1.43. The van der Waals surface area contributed by atoms with Gasteiger partial charge in [-0.25, -0.2) is 4.98 Å². The van der Waals surface area contributed by atoms with E-state index >= 15 is 0 Å². The number of hydrogen-bond donors (Lipinski definition) is 1. The SMILES string of the molecule is CCN(Cc1csc(-c2ccc(OC)cc2)n1)CC(C)(C)O. The maximum Gasteiger partial charge on any atom is 0.123 e. The minimum Gasteiger partial charge on any atom is -0.497 e. The average Bonchev–Trinajstić information content (AvgIpc) is 2.93. The number of hydrogen-bond acceptors (Lipinski definition) is 5. The summed E-state index contributed by atoms with van der Waals surface area (Å²) >= 11 is 1.65. The Bertz CT molecular complexity index is 587. The van der Waals surface area contributed by atoms with Gasteiger partial charge in [-0.1, -0.05) is 6.92 Å². The summed E-state index contributed by atoms with van der Waals surface area (Å²) in [5, 5.41) is 13.1. The number of aliphatic hydroxyl groups is 1. The van der Waals surface area contributed by atoms with E-state index in [4.69, 9.17) is 9.72 Å². The molecule has 0 unspecified atom stereocenters. The van der Waals surface area contributed by atoms with E-state index < -0.39 is 5.60 Å². The predicted molar refractivity (Wildman–Crippen MR) is 91.4 cm³/mol. The number of ether oxygens (including phenoxy) is 1. The third-order valence-corrected chi connectivity index (χ3v) is 4.27. The van der Waals surface area contributed by atoms with Crippen molar-refractivity contribution in [2.75, 3.05) is 20.2 Å². The van der Waals surface area contributed by atoms with Crippen LogP contribution in [0.25, 0.3) is 10.6 Å². The molecular weight excluding hydrogens is 296 g/mol. The molecule has 1 aromatic carbocycles. The molecule has 0 saturated heterocycles. The van der Waals surface area contributed by atoms with E-state index in [2.05, 4.69) is 17.2 Å². The maximum atomic E-state index is 9.96. The van der Waals surface area contributed by atoms with E-state index in [-0.39, 0.29) is 0 Å². The quantitative estimate of drug-likeness (QED) is 0.849. The van der Waals surface area contributed by atoms with E-state index in [1.807, 2.05) is 38.1 Å². The molecule has 0 bridgehead atoms. The summed E-state index contributed by atoms with van der Waals surface area (Å²) < 4.78 is 5.18. The van der Waals surface area contributed by atoms with Gasteiger partial charge >= 0.3 is 0 Å². The molecule has 22 heavy (non-hydrogen) atoms. The monoisotopic (exact) mass is 320 g/mol. The molecule has 0 radical (unpaired) electrons. The summed E-state index contributed by atoms with van der Waals surface area (Å²) in [7, 11) is 1.67. The van der Waals surface area contributed by atoms with Gasteiger partial charge in [0.25, 0.3) is 0 Å². The molecule has 0 fully saturated rings. The molecule has 120 valence electrons. The predicted octanol–water partition coefficient (Wildman–Crippen LogP) is 3.41. The average molecular weight is 320 g/mol. The van der Waals surface area contributed by atoms with E-state index in [1.165, 1.54) is 0 Å². The number of nitrogens with zero attached hydrogens (tertiary/aromatic N) is 2. The number of benzene rings is 1. The van der Waals surface area contributed by atoms with Crippen LogP contribution in [-0.4, -0.2) is 40.8 Å². The van der Waals surface area contributed by atoms with Gasteiger partial charge in [0.1, 0.15) is 10.8 Å². The normalized spacial score (nSPS) is 11.9. The highest BCUT2D eigenvalue weighted by Crippen LogP contribution is 2.26. The van der Waals surface area contributed by atoms with Gasteiger partial charge in [0.05, 0.1) is 18.4 Å². The Morgan fingerprint density at radius 3 is 2.50 bits per heavy atom. The van der Waals surface area contributed by atoms with Crippen molar-refractivity contribution in [2.45, 2.75) is 32.9 Å². The van der Waals surface area contributed by atoms with Crippen molar-refractivity contribution < 1.29 is 9.84 Å². The molecule has 2 rings (SSSR count). The van der Waals surface area contributed by atoms with Gasteiger partial charge < -0.3 is 9.84 Å². The van der Waals surface area contributed by atoms with Gasteiger partial charge in [0.2, 0.25) is 0 Å². The van der Waals surface area contributed by atoms with E-state index in [1.54, 1.807) is 18.4 Å². The van der Waals surface area contributed by atoms with Gasteiger partial charge in [-0.05, 0) is 44.7 Å². The first-order valence-electron chi connectivity index (χ1n) is 7.45. The molecule has 1 aromatic heterocycles. The Balaban J connectivity index is 2.06. The lowest BCUT2D eigenvalue weighted by Crippen LogP contribution is -2.38. The Kier molecular flexibility index (Phi) is 5.56. The van der Waals surface area contributed by atoms with E-state index in [9.17, 15) is 5.11 Å². The molecule has 0 aliphatic rings. The molecule has 1 N–H and O–H groups in total. The highest BCUT2D eigenvalue weighted by atomic mass is 32.1. The van der Waals surface area contributed by atoms with Crippen LogP contribution in [0.15, 0.2) is 29.6 Å². The molecule has 1 heterocycles. The second-order valence-corrected chi connectivity index (χ2v) is 6.85. The van der Waals surface area contributed by atoms with Crippen LogP contribution in [0.4, 0.5) is 0 Å². The van der Waals surface area contributed by atoms with Gasteiger partial charge in [-0.3, -0.25) is 4.90 Å². The highest BCUT2D eigenvalue weighted by Gasteiger charge is 2.18. The second-order valence-electron chi connectivity index (χ2n) is 5.99. The second kappa shape index (κ2) is 7.22. The Morgan fingerprint density at radius 2 is 1.95 bits per heavy atom. The number of aromatic nitrogens is 1. The van der Waals surface area contributed by atoms with Crippen molar-refractivity contribution in [3.8, 4) is 16.3 Å². The molecule has 0 amide bonds. The third kappa shape index (κ3) is 4.80. The van der Waals surface area contributed by atoms with Crippen molar-refractivity contribution >= 4 is 11.3 Å². The summed E-state index contributed by atoms with van der Waals surface area (Å²) in [4.78, 5) is 6.91. The first-order valence-corrected chi connectivity index (χ1v) is 8.33. The molecular formula is C17H24N2O2S. The van der Waals surface area contributed by atoms with Crippen molar-refractivity contribution in [1.29, 1.82) is 0 Å². The molecule has 0 spiro atoms. The zero-order valence-electron chi connectivity index (χ0n) is 13.7. The fraction of sp³-hybridized carbons (Fsp3) is 0.471. The third-order valence-electron chi connectivity index (χ3n) is 3.33. The smallest absolute Gasteiger partial charge is 0.123 e. The fourth-order valence-corrected chi connectivity index (χ4v) is 3.12. The van der Waals surface area contributed by atoms with Crippen molar-refractivity contribution in [3.63, 3.8) is 0 Å². The lowest BCUT2D eigenvalue weighted by atomic mass is 10.1. The molecule has 2 aromatic rings. The van der Waals surface area contributed by atoms with Crippen LogP contribution in [0.3, 0.4) is 0 Å². The molecule has 4 nitrogen and oxygen atoms in total. The van der Waals surface area contributed by atoms with Crippen LogP contribution in [-0.2, 0) is 6.54 Å². The molecule has 0 aliphatic heterocycles. The topological polar surface area (TPSA) is 45.6 Å². The summed E-state index contributed by atoms with van der Waals surface area (Å²) in [5.74, 6) is 0.850. The minimum absolute atomic E-state index is 0.638. The fourth-order valence-electron chi connectivity index (χ4n) is 2.30. The largest absolute Gasteiger partial charge is 0.497 e. The lowest BCUT2D eigenvalue weighted by Gasteiger charge is -2.27. The van der Waals surface area contributed by atoms with Crippen LogP contribution < -0.4 is 4.74 Å². The van der Waals surface area contributed by atoms with Crippen LogP contribution in [0.1, 0.15) is 26.5 Å². The number of rotatable bonds is 7. The first-order chi connectivity index (χ1) is 10.4. The van der Waals surface area contributed by atoms with E-state index in [0.29, 0.717) is 6.54 Å². The summed E-state index contributed by atoms with van der Waals surface area (Å²) in [6.07, 6.45) is 0. The van der Waals surface area contributed by atoms with Gasteiger partial charge in [-0.2, -0.15) is 0 Å². The number of methoxy groups -OCH3 is 1.